The van der Waals surface area contributed by atoms with Gasteiger partial charge in [-0.05, 0) is 33.3 Å². The van der Waals surface area contributed by atoms with Crippen molar-refractivity contribution >= 4 is 33.3 Å². The van der Waals surface area contributed by atoms with Gasteiger partial charge in [0.05, 0.1) is 25.1 Å². The van der Waals surface area contributed by atoms with E-state index in [1.165, 1.54) is 10.4 Å². The van der Waals surface area contributed by atoms with Crippen molar-refractivity contribution in [1.29, 1.82) is 0 Å². The van der Waals surface area contributed by atoms with Crippen LogP contribution in [0.5, 0.6) is 0 Å². The number of nitrogens with zero attached hydrogens (tertiary/aromatic N) is 3. The lowest BCUT2D eigenvalue weighted by atomic mass is 10.2. The Labute approximate surface area is 158 Å². The Hall–Kier alpha value is -1.77. The summed E-state index contributed by atoms with van der Waals surface area (Å²) >= 11 is 1.68. The Bertz CT molecular complexity index is 785. The van der Waals surface area contributed by atoms with Crippen molar-refractivity contribution in [2.45, 2.75) is 40.3 Å². The van der Waals surface area contributed by atoms with Crippen LogP contribution in [0, 0.1) is 13.8 Å². The van der Waals surface area contributed by atoms with Gasteiger partial charge in [-0.1, -0.05) is 0 Å². The fourth-order valence-electron chi connectivity index (χ4n) is 3.03. The molecule has 3 rings (SSSR count). The van der Waals surface area contributed by atoms with Gasteiger partial charge in [-0.2, -0.15) is 0 Å². The van der Waals surface area contributed by atoms with Gasteiger partial charge in [0.2, 0.25) is 5.91 Å². The maximum atomic E-state index is 12.1. The largest absolute Gasteiger partial charge is 0.379 e. The van der Waals surface area contributed by atoms with Crippen molar-refractivity contribution in [3.63, 3.8) is 0 Å². The molecule has 0 aliphatic carbocycles. The Balaban J connectivity index is 1.91. The fraction of sp³-hybridized carbons (Fsp3) is 0.611. The van der Waals surface area contributed by atoms with Gasteiger partial charge >= 0.3 is 0 Å². The molecule has 2 aromatic rings. The molecular formula is C18H27N5O2S. The second-order valence-corrected chi connectivity index (χ2v) is 7.80. The third-order valence-electron chi connectivity index (χ3n) is 4.64. The molecule has 142 valence electrons. The van der Waals surface area contributed by atoms with Gasteiger partial charge in [0.25, 0.3) is 0 Å². The number of nitrogens with one attached hydrogen (secondary N) is 2. The Kier molecular flexibility index (Phi) is 6.05. The van der Waals surface area contributed by atoms with Gasteiger partial charge in [-0.25, -0.2) is 9.97 Å². The van der Waals surface area contributed by atoms with Crippen molar-refractivity contribution in [3.8, 4) is 0 Å². The van der Waals surface area contributed by atoms with Crippen LogP contribution in [0.2, 0.25) is 0 Å². The summed E-state index contributed by atoms with van der Waals surface area (Å²) in [4.78, 5) is 26.2. The normalized spacial score (nSPS) is 16.6. The van der Waals surface area contributed by atoms with E-state index in [2.05, 4.69) is 29.4 Å². The Morgan fingerprint density at radius 2 is 2.04 bits per heavy atom. The zero-order valence-electron chi connectivity index (χ0n) is 15.9. The second-order valence-electron chi connectivity index (χ2n) is 6.60. The predicted octanol–water partition coefficient (Wildman–Crippen LogP) is 2.08. The fourth-order valence-corrected chi connectivity index (χ4v) is 4.07. The number of carbonyl (C=O) groups excluding carboxylic acids is 1. The van der Waals surface area contributed by atoms with Crippen molar-refractivity contribution in [2.75, 3.05) is 38.2 Å². The van der Waals surface area contributed by atoms with Crippen LogP contribution >= 0.6 is 11.3 Å². The minimum Gasteiger partial charge on any atom is -0.379 e. The number of amides is 1. The molecule has 1 aliphatic rings. The number of aromatic nitrogens is 2. The van der Waals surface area contributed by atoms with Crippen molar-refractivity contribution in [1.82, 2.24) is 20.2 Å². The maximum Gasteiger partial charge on any atom is 0.242 e. The number of anilines is 1. The Morgan fingerprint density at radius 3 is 2.73 bits per heavy atom. The number of likely N-dealkylation sites (N-methyl/N-ethyl adjacent to an activating group) is 1. The van der Waals surface area contributed by atoms with E-state index in [4.69, 9.17) is 14.7 Å². The molecule has 8 heteroatoms. The minimum atomic E-state index is -0.358. The maximum absolute atomic E-state index is 12.1. The van der Waals surface area contributed by atoms with Crippen LogP contribution in [-0.2, 0) is 16.1 Å². The SMILES string of the molecule is CCNC(=O)[C@H](C)Nc1nc(CN2CCOCC2)nc2sc(C)c(C)c12. The van der Waals surface area contributed by atoms with E-state index in [0.29, 0.717) is 13.1 Å². The molecule has 0 radical (unpaired) electrons. The van der Waals surface area contributed by atoms with Crippen LogP contribution in [0.3, 0.4) is 0 Å². The van der Waals surface area contributed by atoms with E-state index in [9.17, 15) is 4.79 Å². The number of hydrogen-bond donors (Lipinski definition) is 2. The lowest BCUT2D eigenvalue weighted by molar-refractivity contribution is -0.121. The van der Waals surface area contributed by atoms with Gasteiger partial charge in [-0.15, -0.1) is 11.3 Å². The number of ether oxygens (including phenoxy) is 1. The summed E-state index contributed by atoms with van der Waals surface area (Å²) in [7, 11) is 0. The first-order valence-electron chi connectivity index (χ1n) is 9.10. The molecule has 1 aliphatic heterocycles. The highest BCUT2D eigenvalue weighted by Gasteiger charge is 2.20. The first kappa shape index (κ1) is 19.0. The third-order valence-corrected chi connectivity index (χ3v) is 5.74. The van der Waals surface area contributed by atoms with Crippen molar-refractivity contribution in [3.05, 3.63) is 16.3 Å². The van der Waals surface area contributed by atoms with Gasteiger partial charge in [0.1, 0.15) is 22.5 Å². The topological polar surface area (TPSA) is 79.4 Å². The molecule has 2 aromatic heterocycles. The highest BCUT2D eigenvalue weighted by molar-refractivity contribution is 7.18. The number of aryl methyl sites for hydroxylation is 2. The minimum absolute atomic E-state index is 0.0291. The summed E-state index contributed by atoms with van der Waals surface area (Å²) in [5, 5.41) is 7.17. The number of rotatable bonds is 6. The van der Waals surface area contributed by atoms with E-state index in [1.807, 2.05) is 13.8 Å². The second kappa shape index (κ2) is 8.28. The molecular weight excluding hydrogens is 350 g/mol. The quantitative estimate of drug-likeness (QED) is 0.802. The average molecular weight is 378 g/mol. The molecule has 26 heavy (non-hydrogen) atoms. The monoisotopic (exact) mass is 377 g/mol. The molecule has 0 aromatic carbocycles. The van der Waals surface area contributed by atoms with E-state index >= 15 is 0 Å². The van der Waals surface area contributed by atoms with Gasteiger partial charge < -0.3 is 15.4 Å². The van der Waals surface area contributed by atoms with Gasteiger partial charge in [0.15, 0.2) is 0 Å². The van der Waals surface area contributed by atoms with Crippen LogP contribution < -0.4 is 10.6 Å². The van der Waals surface area contributed by atoms with Crippen LogP contribution in [-0.4, -0.2) is 59.7 Å². The molecule has 1 amide bonds. The first-order valence-corrected chi connectivity index (χ1v) is 9.92. The highest BCUT2D eigenvalue weighted by Crippen LogP contribution is 2.33. The van der Waals surface area contributed by atoms with E-state index < -0.39 is 0 Å². The molecule has 1 atom stereocenters. The number of carbonyl (C=O) groups is 1. The average Bonchev–Trinajstić information content (AvgIpc) is 2.90. The van der Waals surface area contributed by atoms with E-state index in [-0.39, 0.29) is 11.9 Å². The molecule has 2 N–H and O–H groups in total. The number of morpholine rings is 1. The third kappa shape index (κ3) is 4.13. The summed E-state index contributed by atoms with van der Waals surface area (Å²) in [5.74, 6) is 1.50. The number of fused-ring (bicyclic) bond motifs is 1. The van der Waals surface area contributed by atoms with Crippen LogP contribution in [0.1, 0.15) is 30.1 Å². The molecule has 0 bridgehead atoms. The molecule has 3 heterocycles. The zero-order valence-corrected chi connectivity index (χ0v) is 16.7. The summed E-state index contributed by atoms with van der Waals surface area (Å²) in [5.41, 5.74) is 1.17. The number of thiophene rings is 1. The van der Waals surface area contributed by atoms with E-state index in [1.54, 1.807) is 11.3 Å². The molecule has 0 saturated carbocycles. The molecule has 0 unspecified atom stereocenters. The standard InChI is InChI=1S/C18H27N5O2S/c1-5-19-17(24)12(3)20-16-15-11(2)13(4)26-18(15)22-14(21-16)10-23-6-8-25-9-7-23/h12H,5-10H2,1-4H3,(H,19,24)(H,20,21,22)/t12-/m0/s1. The lowest BCUT2D eigenvalue weighted by Gasteiger charge is -2.26. The summed E-state index contributed by atoms with van der Waals surface area (Å²) in [6, 6.07) is -0.358. The smallest absolute Gasteiger partial charge is 0.242 e. The Morgan fingerprint density at radius 1 is 1.31 bits per heavy atom. The summed E-state index contributed by atoms with van der Waals surface area (Å²) in [6.45, 7) is 12.5. The van der Waals surface area contributed by atoms with Crippen LogP contribution in [0.15, 0.2) is 0 Å². The van der Waals surface area contributed by atoms with Gasteiger partial charge in [-0.3, -0.25) is 9.69 Å². The first-order chi connectivity index (χ1) is 12.5. The van der Waals surface area contributed by atoms with Gasteiger partial charge in [0, 0.05) is 24.5 Å². The van der Waals surface area contributed by atoms with E-state index in [0.717, 1.165) is 48.2 Å². The molecule has 1 saturated heterocycles. The zero-order chi connectivity index (χ0) is 18.7. The molecule has 0 spiro atoms. The summed E-state index contributed by atoms with van der Waals surface area (Å²) in [6.07, 6.45) is 0. The molecule has 1 fully saturated rings. The van der Waals surface area contributed by atoms with Crippen molar-refractivity contribution < 1.29 is 9.53 Å². The highest BCUT2D eigenvalue weighted by atomic mass is 32.1. The predicted molar refractivity (Wildman–Crippen MR) is 105 cm³/mol. The van der Waals surface area contributed by atoms with Crippen LogP contribution in [0.25, 0.3) is 10.2 Å². The molecule has 7 nitrogen and oxygen atoms in total. The number of hydrogen-bond acceptors (Lipinski definition) is 7. The lowest BCUT2D eigenvalue weighted by Crippen LogP contribution is -2.38. The summed E-state index contributed by atoms with van der Waals surface area (Å²) < 4.78 is 5.42. The van der Waals surface area contributed by atoms with Crippen molar-refractivity contribution in [2.24, 2.45) is 0 Å². The van der Waals surface area contributed by atoms with Crippen LogP contribution in [0.4, 0.5) is 5.82 Å².